The highest BCUT2D eigenvalue weighted by Crippen LogP contribution is 2.25. The number of aromatic nitrogens is 3. The minimum Gasteiger partial charge on any atom is -0.365 e. The predicted octanol–water partition coefficient (Wildman–Crippen LogP) is 2.66. The predicted molar refractivity (Wildman–Crippen MR) is 110 cm³/mol. The Morgan fingerprint density at radius 1 is 1.14 bits per heavy atom. The number of primary amides is 1. The molecule has 29 heavy (non-hydrogen) atoms. The Kier molecular flexibility index (Phi) is 5.39. The summed E-state index contributed by atoms with van der Waals surface area (Å²) in [5, 5.41) is 10.1. The monoisotopic (exact) mass is 393 g/mol. The number of hydrogen-bond donors (Lipinski definition) is 4. The number of amides is 1. The summed E-state index contributed by atoms with van der Waals surface area (Å²) in [6.45, 7) is 0. The van der Waals surface area contributed by atoms with Gasteiger partial charge in [-0.1, -0.05) is 18.0 Å². The van der Waals surface area contributed by atoms with Gasteiger partial charge >= 0.3 is 0 Å². The zero-order valence-corrected chi connectivity index (χ0v) is 15.8. The van der Waals surface area contributed by atoms with Gasteiger partial charge in [0.2, 0.25) is 5.95 Å². The van der Waals surface area contributed by atoms with Crippen LogP contribution in [0.15, 0.2) is 47.2 Å². The third-order valence-electron chi connectivity index (χ3n) is 5.06. The highest BCUT2D eigenvalue weighted by molar-refractivity contribution is 5.98. The van der Waals surface area contributed by atoms with E-state index in [4.69, 9.17) is 16.0 Å². The second-order valence-corrected chi connectivity index (χ2v) is 7.10. The Bertz CT molecular complexity index is 973. The molecule has 1 aliphatic carbocycles. The molecule has 6 N–H and O–H groups in total. The third-order valence-corrected chi connectivity index (χ3v) is 5.06. The number of hydrogen-bond acceptors (Lipinski definition) is 8. The first kappa shape index (κ1) is 18.9. The van der Waals surface area contributed by atoms with Gasteiger partial charge in [0, 0.05) is 35.6 Å². The molecule has 1 aromatic carbocycles. The van der Waals surface area contributed by atoms with Crippen molar-refractivity contribution in [3.63, 3.8) is 0 Å². The van der Waals surface area contributed by atoms with Gasteiger partial charge in [0.1, 0.15) is 11.4 Å². The molecule has 0 radical (unpaired) electrons. The number of carbonyl (C=O) groups excluding carboxylic acids is 1. The maximum absolute atomic E-state index is 11.8. The molecule has 2 heterocycles. The summed E-state index contributed by atoms with van der Waals surface area (Å²) in [5.74, 6) is 0.823. The van der Waals surface area contributed by atoms with Crippen LogP contribution in [0, 0.1) is 0 Å². The van der Waals surface area contributed by atoms with Crippen molar-refractivity contribution < 1.29 is 9.32 Å². The number of nitrogens with one attached hydrogen (secondary N) is 2. The zero-order valence-electron chi connectivity index (χ0n) is 15.8. The van der Waals surface area contributed by atoms with E-state index >= 15 is 0 Å². The largest absolute Gasteiger partial charge is 0.365 e. The summed E-state index contributed by atoms with van der Waals surface area (Å²) in [5.41, 5.74) is 13.5. The molecule has 2 aromatic heterocycles. The quantitative estimate of drug-likeness (QED) is 0.500. The lowest BCUT2D eigenvalue weighted by atomic mass is 9.91. The smallest absolute Gasteiger partial charge is 0.254 e. The second kappa shape index (κ2) is 8.27. The molecule has 2 atom stereocenters. The molecule has 1 amide bonds. The number of nitrogens with zero attached hydrogens (tertiary/aromatic N) is 3. The molecule has 9 heteroatoms. The molecular formula is C20H23N7O2. The van der Waals surface area contributed by atoms with Gasteiger partial charge in [0.25, 0.3) is 5.91 Å². The van der Waals surface area contributed by atoms with Crippen LogP contribution in [0.1, 0.15) is 36.0 Å². The lowest BCUT2D eigenvalue weighted by molar-refractivity contribution is 0.100. The fourth-order valence-electron chi connectivity index (χ4n) is 3.45. The van der Waals surface area contributed by atoms with Crippen LogP contribution in [0.3, 0.4) is 0 Å². The normalized spacial score (nSPS) is 18.9. The third kappa shape index (κ3) is 4.35. The van der Waals surface area contributed by atoms with Crippen LogP contribution in [0.4, 0.5) is 17.5 Å². The van der Waals surface area contributed by atoms with E-state index in [0.29, 0.717) is 17.5 Å². The van der Waals surface area contributed by atoms with Crippen molar-refractivity contribution >= 4 is 23.4 Å². The Morgan fingerprint density at radius 3 is 2.62 bits per heavy atom. The fraction of sp³-hybridized carbons (Fsp3) is 0.300. The molecule has 4 rings (SSSR count). The van der Waals surface area contributed by atoms with E-state index in [1.54, 1.807) is 12.3 Å². The van der Waals surface area contributed by atoms with Crippen LogP contribution < -0.4 is 22.1 Å². The van der Waals surface area contributed by atoms with E-state index in [0.717, 1.165) is 36.9 Å². The minimum absolute atomic E-state index is 0.0585. The van der Waals surface area contributed by atoms with Crippen molar-refractivity contribution in [1.82, 2.24) is 15.1 Å². The second-order valence-electron chi connectivity index (χ2n) is 7.10. The molecule has 150 valence electrons. The molecule has 9 nitrogen and oxygen atoms in total. The lowest BCUT2D eigenvalue weighted by Crippen LogP contribution is -2.43. The summed E-state index contributed by atoms with van der Waals surface area (Å²) in [6, 6.07) is 9.43. The molecule has 0 saturated heterocycles. The number of anilines is 3. The van der Waals surface area contributed by atoms with E-state index in [1.807, 2.05) is 24.3 Å². The van der Waals surface area contributed by atoms with Gasteiger partial charge in [-0.25, -0.2) is 4.98 Å². The van der Waals surface area contributed by atoms with Gasteiger partial charge in [-0.2, -0.15) is 4.98 Å². The number of carbonyl (C=O) groups is 1. The topological polar surface area (TPSA) is 145 Å². The number of nitrogens with two attached hydrogens (primary N) is 2. The Labute approximate surface area is 167 Å². The molecule has 0 aliphatic heterocycles. The summed E-state index contributed by atoms with van der Waals surface area (Å²) in [7, 11) is 0. The Morgan fingerprint density at radius 2 is 1.93 bits per heavy atom. The zero-order chi connectivity index (χ0) is 20.2. The highest BCUT2D eigenvalue weighted by atomic mass is 16.5. The van der Waals surface area contributed by atoms with Crippen molar-refractivity contribution in [3.05, 3.63) is 48.3 Å². The van der Waals surface area contributed by atoms with Crippen LogP contribution in [-0.4, -0.2) is 33.1 Å². The fourth-order valence-corrected chi connectivity index (χ4v) is 3.45. The van der Waals surface area contributed by atoms with E-state index < -0.39 is 5.91 Å². The van der Waals surface area contributed by atoms with Crippen LogP contribution in [-0.2, 0) is 0 Å². The first-order valence-electron chi connectivity index (χ1n) is 9.57. The average molecular weight is 393 g/mol. The van der Waals surface area contributed by atoms with E-state index in [-0.39, 0.29) is 17.6 Å². The molecule has 0 spiro atoms. The van der Waals surface area contributed by atoms with Gasteiger partial charge in [0.05, 0.1) is 6.20 Å². The average Bonchev–Trinajstić information content (AvgIpc) is 3.25. The van der Waals surface area contributed by atoms with Crippen molar-refractivity contribution in [1.29, 1.82) is 0 Å². The maximum Gasteiger partial charge on any atom is 0.254 e. The van der Waals surface area contributed by atoms with Crippen LogP contribution in [0.5, 0.6) is 0 Å². The van der Waals surface area contributed by atoms with Gasteiger partial charge in [0.15, 0.2) is 5.76 Å². The summed E-state index contributed by atoms with van der Waals surface area (Å²) in [4.78, 5) is 20.5. The molecule has 3 aromatic rings. The van der Waals surface area contributed by atoms with Crippen molar-refractivity contribution in [2.45, 2.75) is 37.8 Å². The Hall–Kier alpha value is -3.46. The van der Waals surface area contributed by atoms with Crippen molar-refractivity contribution in [2.24, 2.45) is 11.5 Å². The first-order valence-corrected chi connectivity index (χ1v) is 9.57. The molecule has 1 aliphatic rings. The molecule has 0 unspecified atom stereocenters. The molecular weight excluding hydrogens is 370 g/mol. The molecule has 1 fully saturated rings. The highest BCUT2D eigenvalue weighted by Gasteiger charge is 2.23. The van der Waals surface area contributed by atoms with E-state index in [1.165, 1.54) is 6.20 Å². The van der Waals surface area contributed by atoms with E-state index in [2.05, 4.69) is 25.8 Å². The number of benzene rings is 1. The van der Waals surface area contributed by atoms with Gasteiger partial charge in [-0.05, 0) is 37.1 Å². The summed E-state index contributed by atoms with van der Waals surface area (Å²) < 4.78 is 5.15. The van der Waals surface area contributed by atoms with Crippen LogP contribution in [0.25, 0.3) is 11.3 Å². The lowest BCUT2D eigenvalue weighted by Gasteiger charge is -2.29. The van der Waals surface area contributed by atoms with Crippen molar-refractivity contribution in [3.8, 4) is 11.3 Å². The summed E-state index contributed by atoms with van der Waals surface area (Å²) in [6.07, 6.45) is 7.21. The molecule has 0 bridgehead atoms. The Balaban J connectivity index is 1.55. The van der Waals surface area contributed by atoms with Gasteiger partial charge in [-0.3, -0.25) is 4.79 Å². The van der Waals surface area contributed by atoms with Crippen LogP contribution in [0.2, 0.25) is 0 Å². The van der Waals surface area contributed by atoms with Crippen molar-refractivity contribution in [2.75, 3.05) is 10.6 Å². The molecule has 1 saturated carbocycles. The minimum atomic E-state index is -0.605. The van der Waals surface area contributed by atoms with E-state index in [9.17, 15) is 4.79 Å². The first-order chi connectivity index (χ1) is 14.1. The maximum atomic E-state index is 11.8. The number of rotatable bonds is 6. The van der Waals surface area contributed by atoms with Gasteiger partial charge < -0.3 is 26.6 Å². The van der Waals surface area contributed by atoms with Gasteiger partial charge in [-0.15, -0.1) is 0 Å². The summed E-state index contributed by atoms with van der Waals surface area (Å²) >= 11 is 0. The van der Waals surface area contributed by atoms with Crippen LogP contribution >= 0.6 is 0 Å². The standard InChI is InChI=1S/C20H23N7O2/c21-15-3-1-2-4-16(15)26-20-23-11-14(18(22)28)19(27-20)25-13-7-5-12(6-8-13)17-9-10-24-29-17/h5-11,15-16H,1-4,21H2,(H2,22,28)(H2,23,25,26,27)/t15-,16+/m0/s1. The SMILES string of the molecule is NC(=O)c1cnc(N[C@@H]2CCCC[C@@H]2N)nc1Nc1ccc(-c2ccno2)cc1.